The van der Waals surface area contributed by atoms with Gasteiger partial charge >= 0.3 is 0 Å². The molecule has 0 saturated heterocycles. The highest BCUT2D eigenvalue weighted by atomic mass is 16.3. The average molecular weight is 172 g/mol. The summed E-state index contributed by atoms with van der Waals surface area (Å²) in [5.41, 5.74) is 1.87. The molecule has 0 aliphatic carbocycles. The summed E-state index contributed by atoms with van der Waals surface area (Å²) >= 11 is 0. The number of benzene rings is 1. The summed E-state index contributed by atoms with van der Waals surface area (Å²) < 4.78 is 5.18. The van der Waals surface area contributed by atoms with E-state index < -0.39 is 0 Å². The minimum atomic E-state index is 0.763. The van der Waals surface area contributed by atoms with E-state index in [1.807, 2.05) is 24.3 Å². The third-order valence-corrected chi connectivity index (χ3v) is 1.84. The molecule has 0 saturated carbocycles. The fourth-order valence-corrected chi connectivity index (χ4v) is 1.24. The van der Waals surface area contributed by atoms with Gasteiger partial charge in [-0.2, -0.15) is 0 Å². The second kappa shape index (κ2) is 3.27. The van der Waals surface area contributed by atoms with E-state index in [0.717, 1.165) is 22.8 Å². The van der Waals surface area contributed by atoms with Crippen molar-refractivity contribution in [2.24, 2.45) is 0 Å². The zero-order valence-electron chi connectivity index (χ0n) is 6.94. The zero-order chi connectivity index (χ0) is 9.10. The number of hydrogen-bond donors (Lipinski definition) is 0. The van der Waals surface area contributed by atoms with Gasteiger partial charge in [-0.25, -0.2) is 0 Å². The summed E-state index contributed by atoms with van der Waals surface area (Å²) in [6.45, 7) is 0. The van der Waals surface area contributed by atoms with Crippen LogP contribution in [-0.4, -0.2) is 6.29 Å². The molecule has 0 atom stereocenters. The number of hydrogen-bond acceptors (Lipinski definition) is 2. The molecule has 0 fully saturated rings. The van der Waals surface area contributed by atoms with Crippen molar-refractivity contribution in [1.29, 1.82) is 0 Å². The number of rotatable bonds is 2. The Labute approximate surface area is 75.5 Å². The summed E-state index contributed by atoms with van der Waals surface area (Å²) in [7, 11) is 0. The Morgan fingerprint density at radius 1 is 1.23 bits per heavy atom. The predicted molar refractivity (Wildman–Crippen MR) is 51.3 cm³/mol. The van der Waals surface area contributed by atoms with Gasteiger partial charge in [-0.05, 0) is 29.8 Å². The van der Waals surface area contributed by atoms with Crippen molar-refractivity contribution in [2.45, 2.75) is 0 Å². The Morgan fingerprint density at radius 2 is 2.15 bits per heavy atom. The lowest BCUT2D eigenvalue weighted by atomic mass is 10.1. The number of fused-ring (bicyclic) bond motifs is 1. The van der Waals surface area contributed by atoms with Crippen LogP contribution < -0.4 is 0 Å². The lowest BCUT2D eigenvalue weighted by Gasteiger charge is -1.91. The quantitative estimate of drug-likeness (QED) is 0.515. The van der Waals surface area contributed by atoms with Gasteiger partial charge in [0.05, 0.1) is 6.26 Å². The van der Waals surface area contributed by atoms with Crippen LogP contribution in [0.5, 0.6) is 0 Å². The molecular weight excluding hydrogens is 164 g/mol. The first kappa shape index (κ1) is 7.80. The Morgan fingerprint density at radius 3 is 3.00 bits per heavy atom. The van der Waals surface area contributed by atoms with Crippen LogP contribution in [0.15, 0.2) is 41.0 Å². The molecule has 0 radical (unpaired) electrons. The van der Waals surface area contributed by atoms with E-state index in [4.69, 9.17) is 4.42 Å². The van der Waals surface area contributed by atoms with Crippen LogP contribution in [-0.2, 0) is 4.79 Å². The maximum atomic E-state index is 10.1. The van der Waals surface area contributed by atoms with Crippen LogP contribution in [0.1, 0.15) is 5.56 Å². The van der Waals surface area contributed by atoms with E-state index in [1.165, 1.54) is 6.08 Å². The highest BCUT2D eigenvalue weighted by Crippen LogP contribution is 2.17. The lowest BCUT2D eigenvalue weighted by molar-refractivity contribution is -0.104. The van der Waals surface area contributed by atoms with Crippen molar-refractivity contribution in [3.63, 3.8) is 0 Å². The molecule has 0 N–H and O–H groups in total. The molecule has 0 spiro atoms. The highest BCUT2D eigenvalue weighted by molar-refractivity contribution is 5.82. The largest absolute Gasteiger partial charge is 0.464 e. The molecule has 2 nitrogen and oxygen atoms in total. The molecule has 0 aliphatic rings. The molecule has 0 bridgehead atoms. The smallest absolute Gasteiger partial charge is 0.142 e. The van der Waals surface area contributed by atoms with E-state index >= 15 is 0 Å². The molecule has 2 rings (SSSR count). The fraction of sp³-hybridized carbons (Fsp3) is 0. The summed E-state index contributed by atoms with van der Waals surface area (Å²) in [6.07, 6.45) is 5.65. The van der Waals surface area contributed by atoms with Gasteiger partial charge in [0.1, 0.15) is 11.9 Å². The van der Waals surface area contributed by atoms with E-state index in [9.17, 15) is 4.79 Å². The standard InChI is InChI=1S/C11H8O2/c12-6-1-2-9-3-4-11-10(8-9)5-7-13-11/h1-8H/b2-1+. The van der Waals surface area contributed by atoms with E-state index in [0.29, 0.717) is 0 Å². The van der Waals surface area contributed by atoms with Crippen molar-refractivity contribution in [3.8, 4) is 0 Å². The minimum Gasteiger partial charge on any atom is -0.464 e. The molecular formula is C11H8O2. The molecule has 2 heteroatoms. The number of carbonyl (C=O) groups excluding carboxylic acids is 1. The topological polar surface area (TPSA) is 30.2 Å². The van der Waals surface area contributed by atoms with Crippen molar-refractivity contribution in [2.75, 3.05) is 0 Å². The summed E-state index contributed by atoms with van der Waals surface area (Å²) in [6, 6.07) is 7.66. The first-order valence-corrected chi connectivity index (χ1v) is 3.99. The van der Waals surface area contributed by atoms with Crippen molar-refractivity contribution in [3.05, 3.63) is 42.2 Å². The van der Waals surface area contributed by atoms with Crippen molar-refractivity contribution >= 4 is 23.3 Å². The van der Waals surface area contributed by atoms with Gasteiger partial charge in [-0.1, -0.05) is 12.1 Å². The van der Waals surface area contributed by atoms with Gasteiger partial charge in [-0.15, -0.1) is 0 Å². The molecule has 0 amide bonds. The number of allylic oxidation sites excluding steroid dienone is 1. The predicted octanol–water partition coefficient (Wildman–Crippen LogP) is 2.64. The van der Waals surface area contributed by atoms with Gasteiger partial charge in [0.25, 0.3) is 0 Å². The van der Waals surface area contributed by atoms with Gasteiger partial charge in [0.2, 0.25) is 0 Å². The van der Waals surface area contributed by atoms with Gasteiger partial charge in [0, 0.05) is 5.39 Å². The Hall–Kier alpha value is -1.83. The molecule has 1 aromatic carbocycles. The number of furan rings is 1. The summed E-state index contributed by atoms with van der Waals surface area (Å²) in [4.78, 5) is 10.1. The zero-order valence-corrected chi connectivity index (χ0v) is 6.94. The summed E-state index contributed by atoms with van der Waals surface area (Å²) in [5, 5.41) is 1.05. The average Bonchev–Trinajstić information content (AvgIpc) is 2.61. The fourth-order valence-electron chi connectivity index (χ4n) is 1.24. The second-order valence-electron chi connectivity index (χ2n) is 2.71. The van der Waals surface area contributed by atoms with Crippen LogP contribution in [0.25, 0.3) is 17.0 Å². The first-order chi connectivity index (χ1) is 6.40. The number of carbonyl (C=O) groups is 1. The van der Waals surface area contributed by atoms with Crippen LogP contribution in [0.3, 0.4) is 0 Å². The SMILES string of the molecule is O=C/C=C/c1ccc2occc2c1. The maximum absolute atomic E-state index is 10.1. The van der Waals surface area contributed by atoms with Crippen LogP contribution in [0.2, 0.25) is 0 Å². The lowest BCUT2D eigenvalue weighted by Crippen LogP contribution is -1.71. The first-order valence-electron chi connectivity index (χ1n) is 3.99. The molecule has 2 aromatic rings. The van der Waals surface area contributed by atoms with Gasteiger partial charge in [0.15, 0.2) is 0 Å². The Kier molecular flexibility index (Phi) is 1.96. The van der Waals surface area contributed by atoms with Crippen LogP contribution >= 0.6 is 0 Å². The molecule has 13 heavy (non-hydrogen) atoms. The maximum Gasteiger partial charge on any atom is 0.142 e. The van der Waals surface area contributed by atoms with Crippen molar-refractivity contribution in [1.82, 2.24) is 0 Å². The van der Waals surface area contributed by atoms with Crippen LogP contribution in [0, 0.1) is 0 Å². The van der Waals surface area contributed by atoms with Crippen molar-refractivity contribution < 1.29 is 9.21 Å². The normalized spacial score (nSPS) is 11.1. The van der Waals surface area contributed by atoms with Gasteiger partial charge < -0.3 is 4.42 Å². The monoisotopic (exact) mass is 172 g/mol. The van der Waals surface area contributed by atoms with E-state index in [-0.39, 0.29) is 0 Å². The van der Waals surface area contributed by atoms with Crippen LogP contribution in [0.4, 0.5) is 0 Å². The molecule has 1 aromatic heterocycles. The highest BCUT2D eigenvalue weighted by Gasteiger charge is 1.95. The Bertz CT molecular complexity index is 452. The second-order valence-corrected chi connectivity index (χ2v) is 2.71. The van der Waals surface area contributed by atoms with E-state index in [2.05, 4.69) is 0 Å². The molecule has 64 valence electrons. The number of aldehydes is 1. The minimum absolute atomic E-state index is 0.763. The molecule has 0 unspecified atom stereocenters. The Balaban J connectivity index is 2.47. The third-order valence-electron chi connectivity index (χ3n) is 1.84. The van der Waals surface area contributed by atoms with Gasteiger partial charge in [-0.3, -0.25) is 4.79 Å². The molecule has 1 heterocycles. The summed E-state index contributed by atoms with van der Waals surface area (Å²) in [5.74, 6) is 0. The molecule has 0 aliphatic heterocycles. The van der Waals surface area contributed by atoms with E-state index in [1.54, 1.807) is 12.3 Å². The third kappa shape index (κ3) is 1.51.